The summed E-state index contributed by atoms with van der Waals surface area (Å²) in [6, 6.07) is 9.47. The molecule has 1 aromatic carbocycles. The Hall–Kier alpha value is -2.63. The second-order valence-electron chi connectivity index (χ2n) is 5.33. The van der Waals surface area contributed by atoms with Gasteiger partial charge in [-0.2, -0.15) is 0 Å². The molecule has 0 aliphatic carbocycles. The lowest BCUT2D eigenvalue weighted by Gasteiger charge is -2.27. The van der Waals surface area contributed by atoms with Gasteiger partial charge in [-0.3, -0.25) is 9.80 Å². The molecule has 24 heavy (non-hydrogen) atoms. The summed E-state index contributed by atoms with van der Waals surface area (Å²) in [7, 11) is 1.77. The maximum absolute atomic E-state index is 12.8. The van der Waals surface area contributed by atoms with Gasteiger partial charge in [0.15, 0.2) is 0 Å². The number of anilines is 3. The van der Waals surface area contributed by atoms with E-state index in [4.69, 9.17) is 0 Å². The van der Waals surface area contributed by atoms with Gasteiger partial charge in [0.25, 0.3) is 0 Å². The first-order valence-electron chi connectivity index (χ1n) is 8.29. The number of benzene rings is 1. The topological polar surface area (TPSA) is 52.6 Å². The third-order valence-corrected chi connectivity index (χ3v) is 3.96. The number of hydrogen-bond acceptors (Lipinski definition) is 4. The smallest absolute Gasteiger partial charge is 0.328 e. The first kappa shape index (κ1) is 17.7. The number of hydrogen-bond donors (Lipinski definition) is 0. The van der Waals surface area contributed by atoms with Crippen LogP contribution in [0.15, 0.2) is 42.7 Å². The number of aromatic nitrogens is 2. The monoisotopic (exact) mass is 327 g/mol. The van der Waals surface area contributed by atoms with Gasteiger partial charge in [0.1, 0.15) is 0 Å². The quantitative estimate of drug-likeness (QED) is 0.816. The van der Waals surface area contributed by atoms with Gasteiger partial charge in [-0.05, 0) is 32.9 Å². The highest BCUT2D eigenvalue weighted by molar-refractivity contribution is 6.02. The number of rotatable bonds is 6. The molecule has 6 heteroatoms. The van der Waals surface area contributed by atoms with Gasteiger partial charge in [0.2, 0.25) is 5.95 Å². The van der Waals surface area contributed by atoms with E-state index in [0.717, 1.165) is 18.8 Å². The summed E-state index contributed by atoms with van der Waals surface area (Å²) in [4.78, 5) is 27.0. The fraction of sp³-hybridized carbons (Fsp3) is 0.389. The van der Waals surface area contributed by atoms with Gasteiger partial charge in [-0.15, -0.1) is 0 Å². The minimum atomic E-state index is -0.108. The Morgan fingerprint density at radius 3 is 2.00 bits per heavy atom. The van der Waals surface area contributed by atoms with Gasteiger partial charge < -0.3 is 4.90 Å². The molecule has 128 valence electrons. The average molecular weight is 327 g/mol. The molecule has 0 aliphatic heterocycles. The molecule has 1 aromatic heterocycles. The summed E-state index contributed by atoms with van der Waals surface area (Å²) in [5, 5.41) is 0. The molecule has 0 aliphatic rings. The van der Waals surface area contributed by atoms with E-state index in [1.54, 1.807) is 29.2 Å². The van der Waals surface area contributed by atoms with Crippen LogP contribution in [0.25, 0.3) is 0 Å². The van der Waals surface area contributed by atoms with Crippen molar-refractivity contribution >= 4 is 23.4 Å². The number of para-hydroxylation sites is 1. The Morgan fingerprint density at radius 1 is 0.917 bits per heavy atom. The van der Waals surface area contributed by atoms with E-state index >= 15 is 0 Å². The third-order valence-electron chi connectivity index (χ3n) is 3.96. The lowest BCUT2D eigenvalue weighted by atomic mass is 10.3. The molecule has 0 atom stereocenters. The number of carbonyl (C=O) groups is 1. The Labute approximate surface area is 143 Å². The highest BCUT2D eigenvalue weighted by atomic mass is 16.2. The minimum absolute atomic E-state index is 0.108. The van der Waals surface area contributed by atoms with Crippen molar-refractivity contribution in [2.24, 2.45) is 0 Å². The van der Waals surface area contributed by atoms with Gasteiger partial charge >= 0.3 is 6.03 Å². The third kappa shape index (κ3) is 3.82. The molecular weight excluding hydrogens is 302 g/mol. The van der Waals surface area contributed by atoms with E-state index < -0.39 is 0 Å². The molecule has 2 aromatic rings. The van der Waals surface area contributed by atoms with Crippen molar-refractivity contribution in [2.45, 2.75) is 20.8 Å². The van der Waals surface area contributed by atoms with Crippen molar-refractivity contribution in [3.63, 3.8) is 0 Å². The van der Waals surface area contributed by atoms with Crippen LogP contribution >= 0.6 is 0 Å². The molecule has 0 N–H and O–H groups in total. The van der Waals surface area contributed by atoms with Crippen molar-refractivity contribution in [1.29, 1.82) is 0 Å². The zero-order valence-corrected chi connectivity index (χ0v) is 14.8. The van der Waals surface area contributed by atoms with Crippen molar-refractivity contribution < 1.29 is 4.79 Å². The molecule has 1 heterocycles. The van der Waals surface area contributed by atoms with Crippen molar-refractivity contribution in [1.82, 2.24) is 9.97 Å². The van der Waals surface area contributed by atoms with E-state index in [0.29, 0.717) is 18.2 Å². The molecule has 0 spiro atoms. The summed E-state index contributed by atoms with van der Waals surface area (Å²) < 4.78 is 0. The van der Waals surface area contributed by atoms with E-state index in [9.17, 15) is 4.79 Å². The molecule has 0 radical (unpaired) electrons. The van der Waals surface area contributed by atoms with E-state index in [1.807, 2.05) is 37.3 Å². The number of carbonyl (C=O) groups excluding carboxylic acids is 1. The Bertz CT molecular complexity index is 640. The molecule has 0 saturated carbocycles. The standard InChI is InChI=1S/C18H25N5O/c1-5-22(6-2)17-19-13-16(14-20-17)23(7-3)18(24)21(4)15-11-9-8-10-12-15/h8-14H,5-7H2,1-4H3. The summed E-state index contributed by atoms with van der Waals surface area (Å²) in [6.07, 6.45) is 3.42. The SMILES string of the molecule is CCN(CC)c1ncc(N(CC)C(=O)N(C)c2ccccc2)cn1. The minimum Gasteiger partial charge on any atom is -0.341 e. The van der Waals surface area contributed by atoms with Crippen LogP contribution in [0.3, 0.4) is 0 Å². The Kier molecular flexibility index (Phi) is 6.12. The van der Waals surface area contributed by atoms with E-state index in [1.165, 1.54) is 0 Å². The summed E-state index contributed by atoms with van der Waals surface area (Å²) in [5.74, 6) is 0.684. The van der Waals surface area contributed by atoms with Crippen LogP contribution in [0.2, 0.25) is 0 Å². The fourth-order valence-electron chi connectivity index (χ4n) is 2.49. The Morgan fingerprint density at radius 2 is 1.50 bits per heavy atom. The Balaban J connectivity index is 2.20. The van der Waals surface area contributed by atoms with E-state index in [2.05, 4.69) is 28.7 Å². The highest BCUT2D eigenvalue weighted by Crippen LogP contribution is 2.19. The predicted molar refractivity (Wildman–Crippen MR) is 98.9 cm³/mol. The predicted octanol–water partition coefficient (Wildman–Crippen LogP) is 3.41. The summed E-state index contributed by atoms with van der Waals surface area (Å²) in [5.41, 5.74) is 1.54. The molecule has 0 fully saturated rings. The lowest BCUT2D eigenvalue weighted by Crippen LogP contribution is -2.41. The van der Waals surface area contributed by atoms with Crippen LogP contribution in [0.5, 0.6) is 0 Å². The average Bonchev–Trinajstić information content (AvgIpc) is 2.64. The van der Waals surface area contributed by atoms with Crippen LogP contribution in [0.4, 0.5) is 22.1 Å². The fourth-order valence-corrected chi connectivity index (χ4v) is 2.49. The lowest BCUT2D eigenvalue weighted by molar-refractivity contribution is 0.253. The normalized spacial score (nSPS) is 10.3. The van der Waals surface area contributed by atoms with E-state index in [-0.39, 0.29) is 6.03 Å². The van der Waals surface area contributed by atoms with Gasteiger partial charge in [0, 0.05) is 32.4 Å². The van der Waals surface area contributed by atoms with Gasteiger partial charge in [-0.1, -0.05) is 18.2 Å². The molecule has 6 nitrogen and oxygen atoms in total. The summed E-state index contributed by atoms with van der Waals surface area (Å²) in [6.45, 7) is 8.32. The zero-order valence-electron chi connectivity index (χ0n) is 14.8. The van der Waals surface area contributed by atoms with Crippen LogP contribution in [0.1, 0.15) is 20.8 Å². The molecule has 2 rings (SSSR count). The first-order valence-corrected chi connectivity index (χ1v) is 8.29. The first-order chi connectivity index (χ1) is 11.6. The van der Waals surface area contributed by atoms with Crippen LogP contribution in [0, 0.1) is 0 Å². The molecule has 0 unspecified atom stereocenters. The molecule has 0 saturated heterocycles. The van der Waals surface area contributed by atoms with Crippen molar-refractivity contribution in [3.8, 4) is 0 Å². The number of nitrogens with zero attached hydrogens (tertiary/aromatic N) is 5. The maximum Gasteiger partial charge on any atom is 0.328 e. The van der Waals surface area contributed by atoms with Crippen molar-refractivity contribution in [3.05, 3.63) is 42.7 Å². The molecule has 0 bridgehead atoms. The van der Waals surface area contributed by atoms with Gasteiger partial charge in [0.05, 0.1) is 18.1 Å². The second-order valence-corrected chi connectivity index (χ2v) is 5.33. The molecular formula is C18H25N5O. The second kappa shape index (κ2) is 8.29. The maximum atomic E-state index is 12.8. The van der Waals surface area contributed by atoms with Crippen LogP contribution in [-0.4, -0.2) is 42.7 Å². The number of urea groups is 1. The zero-order chi connectivity index (χ0) is 17.5. The highest BCUT2D eigenvalue weighted by Gasteiger charge is 2.20. The van der Waals surface area contributed by atoms with Crippen LogP contribution in [-0.2, 0) is 0 Å². The van der Waals surface area contributed by atoms with Crippen LogP contribution < -0.4 is 14.7 Å². The van der Waals surface area contributed by atoms with Gasteiger partial charge in [-0.25, -0.2) is 14.8 Å². The largest absolute Gasteiger partial charge is 0.341 e. The number of amides is 2. The molecule has 2 amide bonds. The van der Waals surface area contributed by atoms with Crippen molar-refractivity contribution in [2.75, 3.05) is 41.4 Å². The summed E-state index contributed by atoms with van der Waals surface area (Å²) >= 11 is 0.